The molecule has 0 saturated carbocycles. The third-order valence-corrected chi connectivity index (χ3v) is 3.46. The van der Waals surface area contributed by atoms with Crippen molar-refractivity contribution in [2.45, 2.75) is 13.1 Å². The minimum absolute atomic E-state index is 0.201. The van der Waals surface area contributed by atoms with Gasteiger partial charge in [0.15, 0.2) is 0 Å². The monoisotopic (exact) mass is 337 g/mol. The summed E-state index contributed by atoms with van der Waals surface area (Å²) in [5, 5.41) is 5.70. The Hall–Kier alpha value is -3.35. The van der Waals surface area contributed by atoms with Gasteiger partial charge in [-0.25, -0.2) is 14.4 Å². The van der Waals surface area contributed by atoms with Crippen LogP contribution in [0.25, 0.3) is 0 Å². The fraction of sp³-hybridized carbons (Fsp3) is 0.111. The van der Waals surface area contributed by atoms with Gasteiger partial charge >= 0.3 is 0 Å². The van der Waals surface area contributed by atoms with Crippen molar-refractivity contribution in [2.24, 2.45) is 0 Å². The van der Waals surface area contributed by atoms with Crippen LogP contribution in [0.4, 0.5) is 10.2 Å². The summed E-state index contributed by atoms with van der Waals surface area (Å²) >= 11 is 0. The number of hydrogen-bond donors (Lipinski definition) is 2. The number of nitrogens with zero attached hydrogens (tertiary/aromatic N) is 3. The molecule has 0 aliphatic heterocycles. The van der Waals surface area contributed by atoms with Gasteiger partial charge in [0.1, 0.15) is 17.3 Å². The van der Waals surface area contributed by atoms with Crippen LogP contribution in [0.1, 0.15) is 21.7 Å². The number of amides is 1. The molecule has 0 bridgehead atoms. The van der Waals surface area contributed by atoms with Gasteiger partial charge in [-0.15, -0.1) is 0 Å². The topological polar surface area (TPSA) is 79.8 Å². The number of rotatable bonds is 6. The van der Waals surface area contributed by atoms with E-state index in [2.05, 4.69) is 25.6 Å². The lowest BCUT2D eigenvalue weighted by Crippen LogP contribution is -2.24. The Bertz CT molecular complexity index is 840. The van der Waals surface area contributed by atoms with E-state index in [0.717, 1.165) is 5.69 Å². The molecule has 0 saturated heterocycles. The first kappa shape index (κ1) is 16.5. The Kier molecular flexibility index (Phi) is 5.26. The first-order chi connectivity index (χ1) is 12.2. The summed E-state index contributed by atoms with van der Waals surface area (Å²) in [4.78, 5) is 24.4. The Morgan fingerprint density at radius 2 is 1.80 bits per heavy atom. The van der Waals surface area contributed by atoms with Gasteiger partial charge in [0, 0.05) is 18.3 Å². The smallest absolute Gasteiger partial charge is 0.271 e. The number of pyridine rings is 1. The van der Waals surface area contributed by atoms with E-state index >= 15 is 0 Å². The third kappa shape index (κ3) is 4.57. The molecule has 126 valence electrons. The molecule has 3 rings (SSSR count). The van der Waals surface area contributed by atoms with E-state index in [9.17, 15) is 9.18 Å². The number of aromatic nitrogens is 3. The number of benzene rings is 1. The zero-order valence-corrected chi connectivity index (χ0v) is 13.3. The second kappa shape index (κ2) is 7.96. The molecule has 2 heterocycles. The van der Waals surface area contributed by atoms with Crippen molar-refractivity contribution in [1.29, 1.82) is 0 Å². The van der Waals surface area contributed by atoms with Crippen molar-refractivity contribution in [2.75, 3.05) is 5.32 Å². The lowest BCUT2D eigenvalue weighted by molar-refractivity contribution is 0.0945. The van der Waals surface area contributed by atoms with E-state index in [4.69, 9.17) is 0 Å². The van der Waals surface area contributed by atoms with Gasteiger partial charge < -0.3 is 10.6 Å². The van der Waals surface area contributed by atoms with Crippen LogP contribution in [0.2, 0.25) is 0 Å². The normalized spacial score (nSPS) is 10.3. The first-order valence-electron chi connectivity index (χ1n) is 7.70. The van der Waals surface area contributed by atoms with Crippen molar-refractivity contribution >= 4 is 11.7 Å². The van der Waals surface area contributed by atoms with Crippen molar-refractivity contribution in [3.63, 3.8) is 0 Å². The molecule has 0 unspecified atom stereocenters. The van der Waals surface area contributed by atoms with Gasteiger partial charge in [-0.1, -0.05) is 24.3 Å². The van der Waals surface area contributed by atoms with Crippen LogP contribution in [0, 0.1) is 5.82 Å². The van der Waals surface area contributed by atoms with E-state index in [0.29, 0.717) is 17.9 Å². The summed E-state index contributed by atoms with van der Waals surface area (Å²) in [5.41, 5.74) is 1.49. The molecular weight excluding hydrogens is 321 g/mol. The van der Waals surface area contributed by atoms with Crippen molar-refractivity contribution in [3.05, 3.63) is 83.8 Å². The molecule has 0 aliphatic rings. The van der Waals surface area contributed by atoms with Gasteiger partial charge in [-0.3, -0.25) is 9.78 Å². The highest BCUT2D eigenvalue weighted by atomic mass is 19.1. The van der Waals surface area contributed by atoms with Crippen LogP contribution in [0.15, 0.2) is 61.1 Å². The number of hydrogen-bond acceptors (Lipinski definition) is 5. The third-order valence-electron chi connectivity index (χ3n) is 3.46. The maximum absolute atomic E-state index is 13.6. The molecule has 7 heteroatoms. The zero-order chi connectivity index (χ0) is 17.5. The van der Waals surface area contributed by atoms with Crippen molar-refractivity contribution in [1.82, 2.24) is 20.3 Å². The van der Waals surface area contributed by atoms with E-state index in [1.165, 1.54) is 18.5 Å². The second-order valence-electron chi connectivity index (χ2n) is 5.24. The fourth-order valence-corrected chi connectivity index (χ4v) is 2.13. The van der Waals surface area contributed by atoms with Gasteiger partial charge in [0.2, 0.25) is 0 Å². The molecule has 2 N–H and O–H groups in total. The maximum atomic E-state index is 13.6. The predicted octanol–water partition coefficient (Wildman–Crippen LogP) is 2.55. The Morgan fingerprint density at radius 3 is 2.52 bits per heavy atom. The first-order valence-corrected chi connectivity index (χ1v) is 7.70. The lowest BCUT2D eigenvalue weighted by atomic mass is 10.2. The number of nitrogens with one attached hydrogen (secondary N) is 2. The van der Waals surface area contributed by atoms with Crippen molar-refractivity contribution < 1.29 is 9.18 Å². The predicted molar refractivity (Wildman–Crippen MR) is 91.2 cm³/mol. The summed E-state index contributed by atoms with van der Waals surface area (Å²) in [6, 6.07) is 12.0. The molecule has 3 aromatic rings. The molecule has 0 radical (unpaired) electrons. The summed E-state index contributed by atoms with van der Waals surface area (Å²) in [6.45, 7) is 0.598. The Morgan fingerprint density at radius 1 is 0.960 bits per heavy atom. The number of carbonyl (C=O) groups excluding carboxylic acids is 1. The summed E-state index contributed by atoms with van der Waals surface area (Å²) in [7, 11) is 0. The zero-order valence-electron chi connectivity index (χ0n) is 13.3. The lowest BCUT2D eigenvalue weighted by Gasteiger charge is -2.07. The highest BCUT2D eigenvalue weighted by Gasteiger charge is 2.08. The van der Waals surface area contributed by atoms with Crippen LogP contribution in [0.3, 0.4) is 0 Å². The number of carbonyl (C=O) groups is 1. The van der Waals surface area contributed by atoms with E-state index < -0.39 is 0 Å². The molecule has 0 aliphatic carbocycles. The molecule has 0 fully saturated rings. The maximum Gasteiger partial charge on any atom is 0.271 e. The van der Waals surface area contributed by atoms with Gasteiger partial charge in [0.05, 0.1) is 24.6 Å². The largest absolute Gasteiger partial charge is 0.365 e. The average Bonchev–Trinajstić information content (AvgIpc) is 2.67. The average molecular weight is 337 g/mol. The highest BCUT2D eigenvalue weighted by Crippen LogP contribution is 2.09. The van der Waals surface area contributed by atoms with E-state index in [1.807, 2.05) is 18.2 Å². The van der Waals surface area contributed by atoms with Gasteiger partial charge in [0.25, 0.3) is 5.91 Å². The molecule has 0 spiro atoms. The summed E-state index contributed by atoms with van der Waals surface area (Å²) < 4.78 is 13.6. The SMILES string of the molecule is O=C(NCc1ccccn1)c1cnc(NCc2ccccc2F)cn1. The summed E-state index contributed by atoms with van der Waals surface area (Å²) in [6.07, 6.45) is 4.48. The van der Waals surface area contributed by atoms with Crippen LogP contribution in [-0.2, 0) is 13.1 Å². The second-order valence-corrected chi connectivity index (χ2v) is 5.24. The minimum Gasteiger partial charge on any atom is -0.365 e. The molecule has 0 atom stereocenters. The fourth-order valence-electron chi connectivity index (χ4n) is 2.13. The van der Waals surface area contributed by atoms with Gasteiger partial charge in [-0.05, 0) is 18.2 Å². The van der Waals surface area contributed by atoms with E-state index in [-0.39, 0.29) is 24.0 Å². The molecule has 25 heavy (non-hydrogen) atoms. The number of halogens is 1. The summed E-state index contributed by atoms with van der Waals surface area (Å²) in [5.74, 6) is -0.156. The molecule has 2 aromatic heterocycles. The van der Waals surface area contributed by atoms with Crippen LogP contribution >= 0.6 is 0 Å². The van der Waals surface area contributed by atoms with E-state index in [1.54, 1.807) is 24.4 Å². The number of anilines is 1. The van der Waals surface area contributed by atoms with Crippen LogP contribution in [0.5, 0.6) is 0 Å². The van der Waals surface area contributed by atoms with Crippen LogP contribution < -0.4 is 10.6 Å². The quantitative estimate of drug-likeness (QED) is 0.723. The van der Waals surface area contributed by atoms with Crippen molar-refractivity contribution in [3.8, 4) is 0 Å². The molecular formula is C18H16FN5O. The van der Waals surface area contributed by atoms with Crippen LogP contribution in [-0.4, -0.2) is 20.9 Å². The minimum atomic E-state index is -0.334. The molecule has 6 nitrogen and oxygen atoms in total. The standard InChI is InChI=1S/C18H16FN5O/c19-15-7-2-1-5-13(15)9-22-17-12-21-16(11-23-17)18(25)24-10-14-6-3-4-8-20-14/h1-8,11-12H,9-10H2,(H,22,23)(H,24,25). The Balaban J connectivity index is 1.54. The molecule has 1 aromatic carbocycles. The highest BCUT2D eigenvalue weighted by molar-refractivity contribution is 5.91. The Labute approximate surface area is 144 Å². The van der Waals surface area contributed by atoms with Gasteiger partial charge in [-0.2, -0.15) is 0 Å². The molecule has 1 amide bonds.